The zero-order valence-corrected chi connectivity index (χ0v) is 18.2. The third-order valence-electron chi connectivity index (χ3n) is 4.10. The molecule has 0 N–H and O–H groups in total. The minimum absolute atomic E-state index is 0.0717. The molecule has 2 rings (SSSR count). The molecule has 0 bridgehead atoms. The summed E-state index contributed by atoms with van der Waals surface area (Å²) in [7, 11) is -0.0717. The molecule has 0 aliphatic heterocycles. The molecule has 0 saturated heterocycles. The van der Waals surface area contributed by atoms with E-state index in [-0.39, 0.29) is 8.80 Å². The molecule has 0 saturated carbocycles. The normalized spacial score (nSPS) is 12.1. The van der Waals surface area contributed by atoms with Gasteiger partial charge in [0, 0.05) is 0 Å². The van der Waals surface area contributed by atoms with E-state index in [4.69, 9.17) is 0 Å². The van der Waals surface area contributed by atoms with E-state index in [1.54, 1.807) is 8.70 Å². The van der Waals surface area contributed by atoms with Crippen LogP contribution in [-0.4, -0.2) is 29.3 Å². The third kappa shape index (κ3) is 4.97. The second-order valence-corrected chi connectivity index (χ2v) is 27.4. The molecular formula is C19H28AsSi2. The topological polar surface area (TPSA) is 0 Å². The van der Waals surface area contributed by atoms with Crippen LogP contribution in [-0.2, 0) is 0 Å². The molecular weight excluding hydrogens is 359 g/mol. The first-order chi connectivity index (χ1) is 10.5. The summed E-state index contributed by atoms with van der Waals surface area (Å²) in [6, 6.07) is 25.7. The maximum atomic E-state index is 2.64. The van der Waals surface area contributed by atoms with Crippen molar-refractivity contribution >= 4 is 38.0 Å². The van der Waals surface area contributed by atoms with Gasteiger partial charge in [-0.25, -0.2) is 0 Å². The van der Waals surface area contributed by atoms with Crippen LogP contribution < -0.4 is 8.70 Å². The zero-order valence-electron chi connectivity index (χ0n) is 14.3. The Morgan fingerprint density at radius 2 is 1.27 bits per heavy atom. The van der Waals surface area contributed by atoms with E-state index < -0.39 is 20.5 Å². The van der Waals surface area contributed by atoms with Gasteiger partial charge in [0.1, 0.15) is 0 Å². The fourth-order valence-corrected chi connectivity index (χ4v) is 22.2. The average molecular weight is 388 g/mol. The molecule has 0 aliphatic carbocycles. The molecule has 0 fully saturated rings. The van der Waals surface area contributed by atoms with E-state index >= 15 is 0 Å². The molecule has 0 unspecified atom stereocenters. The molecule has 0 aliphatic rings. The van der Waals surface area contributed by atoms with Crippen LogP contribution in [0.4, 0.5) is 0 Å². The molecule has 0 amide bonds. The monoisotopic (exact) mass is 387 g/mol. The van der Waals surface area contributed by atoms with Crippen molar-refractivity contribution in [3.63, 3.8) is 0 Å². The second kappa shape index (κ2) is 8.33. The van der Waals surface area contributed by atoms with E-state index in [0.717, 1.165) is 0 Å². The van der Waals surface area contributed by atoms with Crippen molar-refractivity contribution in [2.75, 3.05) is 0 Å². The average Bonchev–Trinajstić information content (AvgIpc) is 2.48. The number of hydrogen-bond acceptors (Lipinski definition) is 0. The van der Waals surface area contributed by atoms with Gasteiger partial charge >= 0.3 is 143 Å². The van der Waals surface area contributed by atoms with Crippen LogP contribution in [0.15, 0.2) is 60.7 Å². The summed E-state index contributed by atoms with van der Waals surface area (Å²) in [6.07, 6.45) is 1.45. The quantitative estimate of drug-likeness (QED) is 0.624. The van der Waals surface area contributed by atoms with Crippen molar-refractivity contribution in [3.8, 4) is 0 Å². The standard InChI is InChI=1S/C19H28AsSi2/c1-21(2)16-11-17-22(3,4)20(18-12-7-5-8-13-18)19-14-9-6-10-15-19/h5-10,12-15H,11,16-17H2,1-4H3. The molecule has 0 aromatic heterocycles. The van der Waals surface area contributed by atoms with Crippen LogP contribution in [0.3, 0.4) is 0 Å². The molecule has 1 radical (unpaired) electrons. The summed E-state index contributed by atoms with van der Waals surface area (Å²) < 4.78 is 3.30. The Balaban J connectivity index is 2.28. The molecule has 0 nitrogen and oxygen atoms in total. The van der Waals surface area contributed by atoms with E-state index in [1.807, 2.05) is 0 Å². The van der Waals surface area contributed by atoms with Crippen molar-refractivity contribution in [3.05, 3.63) is 60.7 Å². The van der Waals surface area contributed by atoms with Crippen LogP contribution in [0.5, 0.6) is 0 Å². The Hall–Kier alpha value is -0.568. The van der Waals surface area contributed by atoms with Crippen LogP contribution in [0.1, 0.15) is 6.42 Å². The molecule has 0 heterocycles. The molecule has 3 heteroatoms. The Morgan fingerprint density at radius 3 is 1.68 bits per heavy atom. The van der Waals surface area contributed by atoms with Gasteiger partial charge in [0.25, 0.3) is 0 Å². The first-order valence-electron chi connectivity index (χ1n) is 8.20. The van der Waals surface area contributed by atoms with Gasteiger partial charge in [0.2, 0.25) is 0 Å². The summed E-state index contributed by atoms with van der Waals surface area (Å²) in [5, 5.41) is 0. The predicted octanol–water partition coefficient (Wildman–Crippen LogP) is 4.23. The van der Waals surface area contributed by atoms with Crippen LogP contribution in [0.2, 0.25) is 38.3 Å². The van der Waals surface area contributed by atoms with Gasteiger partial charge in [0.15, 0.2) is 0 Å². The van der Waals surface area contributed by atoms with E-state index in [2.05, 4.69) is 86.9 Å². The molecule has 2 aromatic rings. The van der Waals surface area contributed by atoms with Crippen molar-refractivity contribution in [2.45, 2.75) is 44.7 Å². The van der Waals surface area contributed by atoms with Crippen molar-refractivity contribution in [2.24, 2.45) is 0 Å². The fourth-order valence-electron chi connectivity index (χ4n) is 2.99. The van der Waals surface area contributed by atoms with Gasteiger partial charge in [0.05, 0.1) is 0 Å². The fraction of sp³-hybridized carbons (Fsp3) is 0.368. The Labute approximate surface area is 143 Å². The van der Waals surface area contributed by atoms with E-state index in [0.29, 0.717) is 0 Å². The van der Waals surface area contributed by atoms with Crippen LogP contribution in [0.25, 0.3) is 0 Å². The minimum atomic E-state index is -1.22. The summed E-state index contributed by atoms with van der Waals surface area (Å²) in [5.74, 6) is 0. The number of benzene rings is 2. The summed E-state index contributed by atoms with van der Waals surface area (Å²) >= 11 is -1.16. The van der Waals surface area contributed by atoms with Crippen LogP contribution >= 0.6 is 0 Å². The molecule has 22 heavy (non-hydrogen) atoms. The molecule has 117 valence electrons. The Bertz CT molecular complexity index is 513. The van der Waals surface area contributed by atoms with Gasteiger partial charge in [-0.2, -0.15) is 0 Å². The van der Waals surface area contributed by atoms with Crippen molar-refractivity contribution in [1.29, 1.82) is 0 Å². The van der Waals surface area contributed by atoms with Gasteiger partial charge in [-0.05, 0) is 0 Å². The molecule has 0 atom stereocenters. The number of hydrogen-bond donors (Lipinski definition) is 0. The second-order valence-electron chi connectivity index (χ2n) is 6.88. The Kier molecular flexibility index (Phi) is 6.73. The van der Waals surface area contributed by atoms with E-state index in [9.17, 15) is 0 Å². The van der Waals surface area contributed by atoms with Gasteiger partial charge < -0.3 is 0 Å². The SMILES string of the molecule is C[Si](C)CCC[Si](C)(C)[As](c1ccccc1)c1ccccc1. The summed E-state index contributed by atoms with van der Waals surface area (Å²) in [5.41, 5.74) is 0. The number of rotatable bonds is 7. The first kappa shape index (κ1) is 17.8. The zero-order chi connectivity index (χ0) is 16.0. The van der Waals surface area contributed by atoms with Gasteiger partial charge in [-0.3, -0.25) is 0 Å². The van der Waals surface area contributed by atoms with Gasteiger partial charge in [-0.15, -0.1) is 0 Å². The maximum absolute atomic E-state index is 2.64. The summed E-state index contributed by atoms with van der Waals surface area (Å²) in [4.78, 5) is 0. The van der Waals surface area contributed by atoms with Crippen molar-refractivity contribution < 1.29 is 0 Å². The van der Waals surface area contributed by atoms with Crippen LogP contribution in [0, 0.1) is 0 Å². The molecule has 2 aromatic carbocycles. The van der Waals surface area contributed by atoms with E-state index in [1.165, 1.54) is 18.5 Å². The predicted molar refractivity (Wildman–Crippen MR) is 107 cm³/mol. The molecule has 0 spiro atoms. The Morgan fingerprint density at radius 1 is 0.818 bits per heavy atom. The van der Waals surface area contributed by atoms with Crippen molar-refractivity contribution in [1.82, 2.24) is 0 Å². The summed E-state index contributed by atoms with van der Waals surface area (Å²) in [6.45, 7) is 8.96. The van der Waals surface area contributed by atoms with Gasteiger partial charge in [-0.1, -0.05) is 0 Å². The first-order valence-corrected chi connectivity index (χ1v) is 18.8. The third-order valence-corrected chi connectivity index (χ3v) is 23.4.